The molecule has 7 heteroatoms. The van der Waals surface area contributed by atoms with Crippen LogP contribution in [0.3, 0.4) is 0 Å². The third kappa shape index (κ3) is 4.46. The molecule has 0 bridgehead atoms. The highest BCUT2D eigenvalue weighted by molar-refractivity contribution is 7.92. The van der Waals surface area contributed by atoms with E-state index in [0.29, 0.717) is 24.3 Å². The minimum absolute atomic E-state index is 0.152. The van der Waals surface area contributed by atoms with Crippen LogP contribution in [0.15, 0.2) is 77.7 Å². The summed E-state index contributed by atoms with van der Waals surface area (Å²) >= 11 is 0. The number of anilines is 2. The average molecular weight is 464 g/mol. The van der Waals surface area contributed by atoms with Crippen LogP contribution in [0.25, 0.3) is 0 Å². The zero-order valence-corrected chi connectivity index (χ0v) is 20.0. The molecule has 0 N–H and O–H groups in total. The van der Waals surface area contributed by atoms with Crippen molar-refractivity contribution in [2.24, 2.45) is 0 Å². The maximum atomic E-state index is 13.4. The Morgan fingerprint density at radius 1 is 0.818 bits per heavy atom. The fourth-order valence-corrected chi connectivity index (χ4v) is 5.44. The molecule has 4 rings (SSSR count). The molecule has 1 saturated heterocycles. The van der Waals surface area contributed by atoms with Crippen LogP contribution in [-0.2, 0) is 10.0 Å². The van der Waals surface area contributed by atoms with E-state index >= 15 is 0 Å². The Morgan fingerprint density at radius 3 is 2.15 bits per heavy atom. The highest BCUT2D eigenvalue weighted by Gasteiger charge is 2.28. The van der Waals surface area contributed by atoms with Gasteiger partial charge in [0.2, 0.25) is 0 Å². The van der Waals surface area contributed by atoms with Gasteiger partial charge in [-0.3, -0.25) is 9.10 Å². The minimum Gasteiger partial charge on any atom is -0.368 e. The lowest BCUT2D eigenvalue weighted by Gasteiger charge is -2.37. The van der Waals surface area contributed by atoms with Crippen LogP contribution in [-0.4, -0.2) is 52.5 Å². The summed E-state index contributed by atoms with van der Waals surface area (Å²) in [5.74, 6) is -0.152. The van der Waals surface area contributed by atoms with E-state index in [0.717, 1.165) is 13.1 Å². The summed E-state index contributed by atoms with van der Waals surface area (Å²) in [5, 5.41) is 0. The maximum absolute atomic E-state index is 13.4. The predicted octanol–water partition coefficient (Wildman–Crippen LogP) is 4.09. The molecule has 0 radical (unpaired) electrons. The number of piperazine rings is 1. The van der Waals surface area contributed by atoms with Crippen LogP contribution in [0.5, 0.6) is 0 Å². The Hall–Kier alpha value is -3.32. The molecule has 172 valence electrons. The third-order valence-electron chi connectivity index (χ3n) is 6.36. The van der Waals surface area contributed by atoms with Crippen LogP contribution < -0.4 is 9.21 Å². The van der Waals surface area contributed by atoms with E-state index in [2.05, 4.69) is 36.9 Å². The molecule has 1 aliphatic rings. The second-order valence-electron chi connectivity index (χ2n) is 8.30. The molecule has 1 aliphatic heterocycles. The SMILES string of the molecule is Cc1cccc(N2CCN(C(=O)c3ccccc3N(C)S(=O)(=O)c3ccccc3)CC2)c1C. The summed E-state index contributed by atoms with van der Waals surface area (Å²) in [6, 6.07) is 21.5. The number of aryl methyl sites for hydroxylation is 1. The number of carbonyl (C=O) groups is 1. The van der Waals surface area contributed by atoms with Crippen LogP contribution in [0.1, 0.15) is 21.5 Å². The minimum atomic E-state index is -3.78. The lowest BCUT2D eigenvalue weighted by atomic mass is 10.1. The Morgan fingerprint density at radius 2 is 1.45 bits per heavy atom. The van der Waals surface area contributed by atoms with Gasteiger partial charge in [-0.1, -0.05) is 42.5 Å². The first-order chi connectivity index (χ1) is 15.8. The zero-order valence-electron chi connectivity index (χ0n) is 19.2. The number of hydrogen-bond acceptors (Lipinski definition) is 4. The molecule has 0 saturated carbocycles. The van der Waals surface area contributed by atoms with Crippen LogP contribution in [0.2, 0.25) is 0 Å². The van der Waals surface area contributed by atoms with Crippen LogP contribution >= 0.6 is 0 Å². The van der Waals surface area contributed by atoms with Gasteiger partial charge < -0.3 is 9.80 Å². The van der Waals surface area contributed by atoms with Gasteiger partial charge in [-0.2, -0.15) is 0 Å². The van der Waals surface area contributed by atoms with Gasteiger partial charge in [0.05, 0.1) is 16.1 Å². The maximum Gasteiger partial charge on any atom is 0.264 e. The largest absolute Gasteiger partial charge is 0.368 e. The van der Waals surface area contributed by atoms with Crippen molar-refractivity contribution in [3.63, 3.8) is 0 Å². The molecule has 3 aromatic carbocycles. The molecule has 1 amide bonds. The van der Waals surface area contributed by atoms with Crippen molar-refractivity contribution < 1.29 is 13.2 Å². The molecule has 0 atom stereocenters. The van der Waals surface area contributed by atoms with Gasteiger partial charge in [-0.05, 0) is 55.3 Å². The normalized spacial score (nSPS) is 14.3. The third-order valence-corrected chi connectivity index (χ3v) is 8.14. The topological polar surface area (TPSA) is 60.9 Å². The van der Waals surface area contributed by atoms with E-state index in [1.54, 1.807) is 54.6 Å². The smallest absolute Gasteiger partial charge is 0.264 e. The van der Waals surface area contributed by atoms with E-state index in [-0.39, 0.29) is 10.8 Å². The summed E-state index contributed by atoms with van der Waals surface area (Å²) in [7, 11) is -2.29. The number of amides is 1. The fourth-order valence-electron chi connectivity index (χ4n) is 4.21. The molecular weight excluding hydrogens is 434 g/mol. The lowest BCUT2D eigenvalue weighted by molar-refractivity contribution is 0.0747. The number of rotatable bonds is 5. The molecule has 33 heavy (non-hydrogen) atoms. The number of sulfonamides is 1. The van der Waals surface area contributed by atoms with Gasteiger partial charge in [0.25, 0.3) is 15.9 Å². The molecule has 6 nitrogen and oxygen atoms in total. The Labute approximate surface area is 196 Å². The molecule has 1 heterocycles. The predicted molar refractivity (Wildman–Crippen MR) is 133 cm³/mol. The van der Waals surface area contributed by atoms with E-state index in [9.17, 15) is 13.2 Å². The highest BCUT2D eigenvalue weighted by Crippen LogP contribution is 2.28. The van der Waals surface area contributed by atoms with Gasteiger partial charge in [0, 0.05) is 38.9 Å². The molecule has 3 aromatic rings. The van der Waals surface area contributed by atoms with Crippen molar-refractivity contribution in [1.82, 2.24) is 4.90 Å². The summed E-state index contributed by atoms with van der Waals surface area (Å²) in [6.45, 7) is 6.86. The number of nitrogens with zero attached hydrogens (tertiary/aromatic N) is 3. The molecule has 0 aromatic heterocycles. The van der Waals surface area contributed by atoms with E-state index in [1.807, 2.05) is 4.90 Å². The molecule has 0 aliphatic carbocycles. The van der Waals surface area contributed by atoms with Crippen molar-refractivity contribution >= 4 is 27.3 Å². The average Bonchev–Trinajstić information content (AvgIpc) is 2.85. The van der Waals surface area contributed by atoms with E-state index in [4.69, 9.17) is 0 Å². The monoisotopic (exact) mass is 463 g/mol. The number of hydrogen-bond donors (Lipinski definition) is 0. The van der Waals surface area contributed by atoms with Gasteiger partial charge in [-0.15, -0.1) is 0 Å². The zero-order chi connectivity index (χ0) is 23.6. The van der Waals surface area contributed by atoms with Gasteiger partial charge in [0.1, 0.15) is 0 Å². The van der Waals surface area contributed by atoms with Crippen molar-refractivity contribution in [3.8, 4) is 0 Å². The fraction of sp³-hybridized carbons (Fsp3) is 0.269. The first-order valence-corrected chi connectivity index (χ1v) is 12.5. The Bertz CT molecular complexity index is 1250. The van der Waals surface area contributed by atoms with Crippen molar-refractivity contribution in [3.05, 3.63) is 89.5 Å². The van der Waals surface area contributed by atoms with Crippen molar-refractivity contribution in [2.75, 3.05) is 42.4 Å². The molecule has 0 spiro atoms. The van der Waals surface area contributed by atoms with Gasteiger partial charge in [0.15, 0.2) is 0 Å². The van der Waals surface area contributed by atoms with Gasteiger partial charge in [-0.25, -0.2) is 8.42 Å². The highest BCUT2D eigenvalue weighted by atomic mass is 32.2. The second kappa shape index (κ2) is 9.27. The van der Waals surface area contributed by atoms with Crippen molar-refractivity contribution in [2.45, 2.75) is 18.7 Å². The van der Waals surface area contributed by atoms with Crippen molar-refractivity contribution in [1.29, 1.82) is 0 Å². The van der Waals surface area contributed by atoms with E-state index < -0.39 is 10.0 Å². The standard InChI is InChI=1S/C26H29N3O3S/c1-20-10-9-15-24(21(20)2)28-16-18-29(19-17-28)26(30)23-13-7-8-14-25(23)27(3)33(31,32)22-11-5-4-6-12-22/h4-15H,16-19H2,1-3H3. The first kappa shape index (κ1) is 22.9. The van der Waals surface area contributed by atoms with Crippen LogP contribution in [0, 0.1) is 13.8 Å². The quantitative estimate of drug-likeness (QED) is 0.572. The Kier molecular flexibility index (Phi) is 6.42. The van der Waals surface area contributed by atoms with Gasteiger partial charge >= 0.3 is 0 Å². The summed E-state index contributed by atoms with van der Waals surface area (Å²) in [5.41, 5.74) is 4.48. The summed E-state index contributed by atoms with van der Waals surface area (Å²) in [6.07, 6.45) is 0. The molecule has 1 fully saturated rings. The number of benzene rings is 3. The molecule has 0 unspecified atom stereocenters. The van der Waals surface area contributed by atoms with Crippen LogP contribution in [0.4, 0.5) is 11.4 Å². The van der Waals surface area contributed by atoms with E-state index in [1.165, 1.54) is 28.2 Å². The summed E-state index contributed by atoms with van der Waals surface area (Å²) < 4.78 is 27.5. The first-order valence-electron chi connectivity index (χ1n) is 11.0. The molecular formula is C26H29N3O3S. The number of carbonyl (C=O) groups excluding carboxylic acids is 1. The number of para-hydroxylation sites is 1. The lowest BCUT2D eigenvalue weighted by Crippen LogP contribution is -2.49. The Balaban J connectivity index is 1.54. The second-order valence-corrected chi connectivity index (χ2v) is 10.3. The summed E-state index contributed by atoms with van der Waals surface area (Å²) in [4.78, 5) is 17.7.